The van der Waals surface area contributed by atoms with E-state index in [1.54, 1.807) is 0 Å². The second-order valence-electron chi connectivity index (χ2n) is 2.68. The minimum atomic E-state index is 0. The van der Waals surface area contributed by atoms with Crippen LogP contribution in [0.5, 0.6) is 0 Å². The van der Waals surface area contributed by atoms with E-state index < -0.39 is 0 Å². The van der Waals surface area contributed by atoms with Gasteiger partial charge in [0.2, 0.25) is 0 Å². The molecule has 3 nitrogen and oxygen atoms in total. The normalized spacial score (nSPS) is 7.58. The maximum Gasteiger partial charge on any atom is 0 e. The predicted molar refractivity (Wildman–Crippen MR) is 104 cm³/mol. The van der Waals surface area contributed by atoms with Crippen molar-refractivity contribution in [3.8, 4) is 0 Å². The van der Waals surface area contributed by atoms with Crippen molar-refractivity contribution in [2.24, 2.45) is 5.73 Å². The van der Waals surface area contributed by atoms with E-state index in [1.165, 1.54) is 0 Å². The molecule has 4 radical (unpaired) electrons. The fraction of sp³-hybridized carbons (Fsp3) is 1.00. The van der Waals surface area contributed by atoms with Crippen molar-refractivity contribution in [3.05, 3.63) is 5.32 Å². The SMILES string of the molecule is Cl.Cl.Cl.NCCCNCC[S-].[Ge].[S-]CC[N-]CC[S-]. The first kappa shape index (κ1) is 37.5. The van der Waals surface area contributed by atoms with Gasteiger partial charge in [-0.3, -0.25) is 0 Å². The monoisotopic (exact) mass is 449 g/mol. The summed E-state index contributed by atoms with van der Waals surface area (Å²) in [5.41, 5.74) is 5.24. The molecule has 0 amide bonds. The van der Waals surface area contributed by atoms with Crippen LogP contribution in [0.15, 0.2) is 0 Å². The Hall–Kier alpha value is 2.34. The third-order valence-electron chi connectivity index (χ3n) is 1.34. The molecule has 0 unspecified atom stereocenters. The van der Waals surface area contributed by atoms with Gasteiger partial charge in [-0.25, -0.2) is 0 Å². The molecular weight excluding hydrogens is 425 g/mol. The number of nitrogens with one attached hydrogen (secondary N) is 1. The maximum absolute atomic E-state index is 5.24. The Morgan fingerprint density at radius 1 is 0.842 bits per heavy atom. The third-order valence-corrected chi connectivity index (χ3v) is 1.90. The van der Waals surface area contributed by atoms with Crippen molar-refractivity contribution < 1.29 is 0 Å². The minimum Gasteiger partial charge on any atom is -0.794 e. The molecule has 0 heterocycles. The molecule has 0 aliphatic heterocycles. The van der Waals surface area contributed by atoms with Crippen molar-refractivity contribution >= 4 is 92.7 Å². The first-order valence-electron chi connectivity index (χ1n) is 5.11. The summed E-state index contributed by atoms with van der Waals surface area (Å²) >= 11 is 14.0. The number of nitrogens with zero attached hydrogens (tertiary/aromatic N) is 1. The van der Waals surface area contributed by atoms with Gasteiger partial charge in [0, 0.05) is 17.6 Å². The fourth-order valence-electron chi connectivity index (χ4n) is 0.665. The molecule has 0 aromatic heterocycles. The van der Waals surface area contributed by atoms with Crippen LogP contribution < -0.4 is 11.1 Å². The van der Waals surface area contributed by atoms with E-state index >= 15 is 0 Å². The zero-order valence-electron chi connectivity index (χ0n) is 10.8. The van der Waals surface area contributed by atoms with Gasteiger partial charge in [0.1, 0.15) is 0 Å². The van der Waals surface area contributed by atoms with Crippen molar-refractivity contribution in [1.82, 2.24) is 5.32 Å². The molecule has 0 fully saturated rings. The van der Waals surface area contributed by atoms with E-state index in [2.05, 4.69) is 35.9 Å². The molecule has 0 atom stereocenters. The summed E-state index contributed by atoms with van der Waals surface area (Å²) in [7, 11) is 0. The average Bonchev–Trinajstić information content (AvgIpc) is 2.26. The van der Waals surface area contributed by atoms with Gasteiger partial charge >= 0.3 is 0 Å². The Kier molecular flexibility index (Phi) is 84.4. The van der Waals surface area contributed by atoms with Gasteiger partial charge in [-0.1, -0.05) is 0 Å². The predicted octanol–water partition coefficient (Wildman–Crippen LogP) is 0.810. The first-order valence-corrected chi connectivity index (χ1v) is 6.85. The number of hydrogen-bond donors (Lipinski definition) is 2. The van der Waals surface area contributed by atoms with Crippen molar-refractivity contribution in [2.75, 3.05) is 50.0 Å². The smallest absolute Gasteiger partial charge is 0 e. The molecule has 0 aromatic rings. The topological polar surface area (TPSA) is 52.1 Å². The molecule has 10 heteroatoms. The van der Waals surface area contributed by atoms with Gasteiger partial charge in [0.15, 0.2) is 0 Å². The van der Waals surface area contributed by atoms with Gasteiger partial charge < -0.3 is 54.3 Å². The quantitative estimate of drug-likeness (QED) is 0.310. The number of nitrogens with two attached hydrogens (primary N) is 1. The number of rotatable bonds is 9. The second kappa shape index (κ2) is 42.8. The Morgan fingerprint density at radius 3 is 1.63 bits per heavy atom. The van der Waals surface area contributed by atoms with Crippen molar-refractivity contribution in [2.45, 2.75) is 6.42 Å². The van der Waals surface area contributed by atoms with Crippen LogP contribution in [0, 0.1) is 0 Å². The number of hydrogen-bond acceptors (Lipinski definition) is 5. The molecule has 0 saturated heterocycles. The van der Waals surface area contributed by atoms with Crippen molar-refractivity contribution in [1.29, 1.82) is 0 Å². The number of halogens is 3. The summed E-state index contributed by atoms with van der Waals surface area (Å²) in [5.74, 6) is 2.26. The van der Waals surface area contributed by atoms with E-state index in [4.69, 9.17) is 18.4 Å². The summed E-state index contributed by atoms with van der Waals surface area (Å²) in [6.07, 6.45) is 1.05. The van der Waals surface area contributed by atoms with Crippen LogP contribution in [-0.2, 0) is 37.9 Å². The first-order chi connectivity index (χ1) is 7.33. The second-order valence-corrected chi connectivity index (χ2v) is 3.90. The van der Waals surface area contributed by atoms with Crippen LogP contribution in [0.25, 0.3) is 5.32 Å². The molecule has 0 saturated carbocycles. The van der Waals surface area contributed by atoms with Crippen molar-refractivity contribution in [3.63, 3.8) is 0 Å². The van der Waals surface area contributed by atoms with Crippen LogP contribution in [0.4, 0.5) is 0 Å². The zero-order chi connectivity index (χ0) is 11.8. The molecule has 122 valence electrons. The largest absolute Gasteiger partial charge is 0.794 e. The molecule has 0 rings (SSSR count). The van der Waals surface area contributed by atoms with Crippen LogP contribution in [-0.4, -0.2) is 67.6 Å². The van der Waals surface area contributed by atoms with Gasteiger partial charge in [0.25, 0.3) is 0 Å². The Labute approximate surface area is 164 Å². The molecule has 0 aromatic carbocycles. The van der Waals surface area contributed by atoms with Gasteiger partial charge in [-0.2, -0.15) is 30.3 Å². The molecule has 0 aliphatic carbocycles. The molecule has 0 spiro atoms. The molecule has 3 N–H and O–H groups in total. The zero-order valence-corrected chi connectivity index (χ0v) is 17.8. The van der Waals surface area contributed by atoms with E-state index in [0.717, 1.165) is 56.4 Å². The summed E-state index contributed by atoms with van der Waals surface area (Å²) < 4.78 is 0. The van der Waals surface area contributed by atoms with Gasteiger partial charge in [-0.15, -0.1) is 37.2 Å². The van der Waals surface area contributed by atoms with Crippen LogP contribution in [0.3, 0.4) is 0 Å². The minimum absolute atomic E-state index is 0. The fourth-order valence-corrected chi connectivity index (χ4v) is 1.07. The summed E-state index contributed by atoms with van der Waals surface area (Å²) in [6, 6.07) is 0. The standard InChI is InChI=1S/C5H14N2S.C4H10NS2.3ClH.Ge/c6-2-1-3-7-4-5-8;6-3-1-5-2-4-7;;;;/h7-8H,1-6H2;6-7H,1-4H2;3*1H;/q;-1;;;;/p-3. The average molecular weight is 449 g/mol. The molecule has 0 aliphatic rings. The Morgan fingerprint density at radius 2 is 1.32 bits per heavy atom. The third kappa shape index (κ3) is 53.2. The Bertz CT molecular complexity index is 104. The van der Waals surface area contributed by atoms with Crippen LogP contribution in [0.2, 0.25) is 0 Å². The van der Waals surface area contributed by atoms with Gasteiger partial charge in [0.05, 0.1) is 0 Å². The molecule has 0 bridgehead atoms. The van der Waals surface area contributed by atoms with E-state index in [-0.39, 0.29) is 54.8 Å². The van der Waals surface area contributed by atoms with E-state index in [0.29, 0.717) is 0 Å². The van der Waals surface area contributed by atoms with E-state index in [1.807, 2.05) is 0 Å². The van der Waals surface area contributed by atoms with Crippen LogP contribution in [0.1, 0.15) is 6.42 Å². The van der Waals surface area contributed by atoms with E-state index in [9.17, 15) is 0 Å². The summed E-state index contributed by atoms with van der Waals surface area (Å²) in [6.45, 7) is 4.31. The van der Waals surface area contributed by atoms with Crippen LogP contribution >= 0.6 is 37.2 Å². The summed E-state index contributed by atoms with van der Waals surface area (Å²) in [5, 5.41) is 7.15. The maximum atomic E-state index is 5.24. The molecular formula is C9H24Cl3GeN3S3-4. The Balaban J connectivity index is -0.0000000369. The summed E-state index contributed by atoms with van der Waals surface area (Å²) in [4.78, 5) is 0. The molecule has 19 heavy (non-hydrogen) atoms. The van der Waals surface area contributed by atoms with Gasteiger partial charge in [-0.05, 0) is 26.1 Å².